The number of fused-ring (bicyclic) bond motifs is 6. The van der Waals surface area contributed by atoms with Crippen molar-refractivity contribution < 1.29 is 97.9 Å². The number of nitrogens with zero attached hydrogens (tertiary/aromatic N) is 6. The van der Waals surface area contributed by atoms with E-state index < -0.39 is 80.2 Å². The van der Waals surface area contributed by atoms with E-state index in [2.05, 4.69) is 84.9 Å². The number of sulfonamides is 1. The zero-order valence-electron chi connectivity index (χ0n) is 57.2. The minimum absolute atomic E-state index is 0.0133. The summed E-state index contributed by atoms with van der Waals surface area (Å²) >= 11 is 0. The first kappa shape index (κ1) is 82.7. The van der Waals surface area contributed by atoms with E-state index in [1.807, 2.05) is 36.4 Å². The van der Waals surface area contributed by atoms with Crippen LogP contribution >= 0.6 is 0 Å². The highest BCUT2D eigenvalue weighted by Gasteiger charge is 2.46. The van der Waals surface area contributed by atoms with Gasteiger partial charge in [-0.3, -0.25) is 19.3 Å². The summed E-state index contributed by atoms with van der Waals surface area (Å²) in [6, 6.07) is 22.0. The largest absolute Gasteiger partial charge is 0.744 e. The average molecular weight is 1490 g/mol. The Balaban J connectivity index is 0.000000330. The molecule has 0 saturated carbocycles. The van der Waals surface area contributed by atoms with Crippen LogP contribution in [0.1, 0.15) is 105 Å². The van der Waals surface area contributed by atoms with Crippen LogP contribution in [0.15, 0.2) is 142 Å². The van der Waals surface area contributed by atoms with Crippen molar-refractivity contribution in [3.63, 3.8) is 0 Å². The number of allylic oxidation sites excluding steroid dienone is 6. The maximum Gasteiger partial charge on any atom is 0.425 e. The third-order valence-corrected chi connectivity index (χ3v) is 19.8. The molecule has 0 aliphatic carbocycles. The minimum Gasteiger partial charge on any atom is -0.744 e. The molecule has 0 bridgehead atoms. The third kappa shape index (κ3) is 22.0. The number of amides is 2. The first-order chi connectivity index (χ1) is 47.1. The fourth-order valence-electron chi connectivity index (χ4n) is 11.8. The second-order valence-electron chi connectivity index (χ2n) is 23.9. The van der Waals surface area contributed by atoms with E-state index in [0.717, 1.165) is 86.7 Å². The predicted molar refractivity (Wildman–Crippen MR) is 370 cm³/mol. The fourth-order valence-corrected chi connectivity index (χ4v) is 14.7. The van der Waals surface area contributed by atoms with Gasteiger partial charge in [-0.25, -0.2) is 27.0 Å². The smallest absolute Gasteiger partial charge is 0.425 e. The zero-order valence-corrected chi connectivity index (χ0v) is 61.3. The van der Waals surface area contributed by atoms with Crippen LogP contribution in [0.4, 0.5) is 11.4 Å². The summed E-state index contributed by atoms with van der Waals surface area (Å²) in [5.41, 5.74) is 7.19. The van der Waals surface area contributed by atoms with Gasteiger partial charge in [0.05, 0.1) is 80.7 Å². The lowest BCUT2D eigenvalue weighted by Gasteiger charge is -2.31. The average Bonchev–Trinajstić information content (AvgIpc) is 1.55. The van der Waals surface area contributed by atoms with Crippen molar-refractivity contribution in [3.8, 4) is 5.75 Å². The maximum absolute atomic E-state index is 13.6. The number of nitrogens with one attached hydrogen (secondary N) is 2. The number of ether oxygens (including phenoxy) is 4. The van der Waals surface area contributed by atoms with E-state index in [4.69, 9.17) is 44.2 Å². The Bertz CT molecular complexity index is 4540. The Morgan fingerprint density at radius 2 is 1.37 bits per heavy atom. The van der Waals surface area contributed by atoms with Gasteiger partial charge in [0.2, 0.25) is 21.6 Å². The molecule has 29 nitrogen and oxygen atoms in total. The molecular formula is C66H86N8O21S5. The standard InChI is InChI=1S/C40H44N2O6S2.C26H42N6O9S.2O3S/c1-7-9-13-25-42-33-23-20-27-19-21-28(49(43,44)45)26-31(27)38(33)40(5,6)36(42)18-12-10-11-17-35-39(3,4)37-30-15-14-16-34(50(46,47)48)29(30)22-24-32(37)41(35)8-2;1-5-24(33)27-10-12-39-14-16-41-17-15-40-13-11-31-18-21(28-30-31)19-32(25(20(2)3)26(34)29-35)42(36,37)23-8-6-22(38-4)7-9-23;2*1-4(2)3/h10-12,14-24,26H,7-9,13,25H2,1-6H3,(H-,43,44,45,46,47,48);6-9,18,20,25,35H,5,10-17,19H2,1-4H3,(H,27,33)(H,29,34);;/t;25-;;/m.1../s1. The molecule has 0 spiro atoms. The number of hydrogen-bond donors (Lipinski definition) is 4. The van der Waals surface area contributed by atoms with Gasteiger partial charge in [-0.1, -0.05) is 95.7 Å². The van der Waals surface area contributed by atoms with Crippen LogP contribution in [-0.2, 0) is 99.2 Å². The van der Waals surface area contributed by atoms with Gasteiger partial charge < -0.3 is 33.7 Å². The molecule has 2 aliphatic rings. The highest BCUT2D eigenvalue weighted by Crippen LogP contribution is 2.51. The van der Waals surface area contributed by atoms with Gasteiger partial charge in [-0.15, -0.1) is 30.4 Å². The van der Waals surface area contributed by atoms with Crippen molar-refractivity contribution in [2.24, 2.45) is 5.92 Å². The molecule has 546 valence electrons. The van der Waals surface area contributed by atoms with Gasteiger partial charge in [-0.05, 0) is 116 Å². The van der Waals surface area contributed by atoms with E-state index in [-0.39, 0.29) is 27.1 Å². The molecule has 2 amide bonds. The van der Waals surface area contributed by atoms with Crippen molar-refractivity contribution in [1.29, 1.82) is 0 Å². The molecule has 0 fully saturated rings. The number of unbranched alkanes of at least 4 members (excludes halogenated alkanes) is 2. The predicted octanol–water partition coefficient (Wildman–Crippen LogP) is 7.10. The summed E-state index contributed by atoms with van der Waals surface area (Å²) in [6.07, 6.45) is 15.5. The van der Waals surface area contributed by atoms with Gasteiger partial charge in [-0.2, -0.15) is 17.3 Å². The number of methoxy groups -OCH3 is 1. The van der Waals surface area contributed by atoms with Gasteiger partial charge in [0.1, 0.15) is 33.3 Å². The maximum atomic E-state index is 13.6. The molecule has 5 aromatic carbocycles. The molecule has 3 heterocycles. The zero-order chi connectivity index (χ0) is 74.3. The fraction of sp³-hybridized carbons (Fsp3) is 0.439. The van der Waals surface area contributed by atoms with Crippen LogP contribution in [0.3, 0.4) is 0 Å². The van der Waals surface area contributed by atoms with Crippen LogP contribution in [-0.4, -0.2) is 179 Å². The van der Waals surface area contributed by atoms with Crippen LogP contribution in [0, 0.1) is 5.92 Å². The Morgan fingerprint density at radius 1 is 0.750 bits per heavy atom. The normalized spacial score (nSPS) is 14.7. The second-order valence-corrected chi connectivity index (χ2v) is 29.4. The van der Waals surface area contributed by atoms with Crippen molar-refractivity contribution in [2.45, 2.75) is 133 Å². The van der Waals surface area contributed by atoms with Crippen molar-refractivity contribution >= 4 is 102 Å². The van der Waals surface area contributed by atoms with Crippen LogP contribution < -0.4 is 20.4 Å². The van der Waals surface area contributed by atoms with E-state index in [1.165, 1.54) is 54.3 Å². The number of hydrogen-bond acceptors (Lipinski definition) is 23. The molecule has 1 atom stereocenters. The Labute approximate surface area is 586 Å². The molecule has 2 aliphatic heterocycles. The number of benzene rings is 5. The summed E-state index contributed by atoms with van der Waals surface area (Å²) < 4.78 is 174. The second kappa shape index (κ2) is 37.6. The molecule has 6 aromatic rings. The molecule has 0 saturated heterocycles. The number of hydroxylamine groups is 1. The molecule has 1 aromatic heterocycles. The lowest BCUT2D eigenvalue weighted by molar-refractivity contribution is -0.438. The number of anilines is 1. The lowest BCUT2D eigenvalue weighted by atomic mass is 9.79. The summed E-state index contributed by atoms with van der Waals surface area (Å²) in [4.78, 5) is 25.6. The van der Waals surface area contributed by atoms with Crippen molar-refractivity contribution in [2.75, 3.05) is 71.3 Å². The lowest BCUT2D eigenvalue weighted by Crippen LogP contribution is -2.51. The number of likely N-dealkylation sites (N-methyl/N-ethyl adjacent to an activating group) is 1. The molecule has 0 unspecified atom stereocenters. The van der Waals surface area contributed by atoms with E-state index in [1.54, 1.807) is 50.6 Å². The number of rotatable bonds is 31. The van der Waals surface area contributed by atoms with Crippen LogP contribution in [0.5, 0.6) is 5.75 Å². The summed E-state index contributed by atoms with van der Waals surface area (Å²) in [6.45, 7) is 22.3. The van der Waals surface area contributed by atoms with Crippen molar-refractivity contribution in [3.05, 3.63) is 144 Å². The Morgan fingerprint density at radius 3 is 1.95 bits per heavy atom. The molecule has 0 radical (unpaired) electrons. The van der Waals surface area contributed by atoms with E-state index in [0.29, 0.717) is 76.0 Å². The highest BCUT2D eigenvalue weighted by atomic mass is 32.2. The van der Waals surface area contributed by atoms with Crippen LogP contribution in [0.2, 0.25) is 0 Å². The summed E-state index contributed by atoms with van der Waals surface area (Å²) in [5, 5.41) is 23.1. The topological polar surface area (TPSA) is 404 Å². The quantitative estimate of drug-likeness (QED) is 0.00841. The molecule has 4 N–H and O–H groups in total. The van der Waals surface area contributed by atoms with Gasteiger partial charge >= 0.3 is 21.2 Å². The first-order valence-electron chi connectivity index (χ1n) is 31.7. The summed E-state index contributed by atoms with van der Waals surface area (Å²) in [7, 11) is -17.9. The van der Waals surface area contributed by atoms with Crippen molar-refractivity contribution in [1.82, 2.24) is 30.1 Å². The molecule has 100 heavy (non-hydrogen) atoms. The SMILES string of the molecule is CCC(=O)NCCOCCOCCOCCn1cc(CN([C@@H](C(=O)NO)C(C)C)S(=O)(=O)c2ccc(OC)cc2)nn1.CCCCC[N+]1=C(/C=C/C=C/C=C2\N(CC)c3ccc4c(S(=O)(=O)O)cccc4c3C2(C)C)C(C)(C)c2c1ccc1ccc(S(=O)(=O)[O-])cc21.O=S(=O)=O.O=S(=O)=O. The van der Waals surface area contributed by atoms with Gasteiger partial charge in [0.15, 0.2) is 5.71 Å². The van der Waals surface area contributed by atoms with Gasteiger partial charge in [0.25, 0.3) is 16.0 Å². The number of aromatic nitrogens is 3. The van der Waals surface area contributed by atoms with Crippen LogP contribution in [0.25, 0.3) is 21.5 Å². The highest BCUT2D eigenvalue weighted by molar-refractivity contribution is 7.89. The molecule has 8 rings (SSSR count). The van der Waals surface area contributed by atoms with E-state index in [9.17, 15) is 49.2 Å². The Kier molecular flexibility index (Phi) is 31.1. The minimum atomic E-state index is -4.61. The molecule has 34 heteroatoms. The first-order valence-corrected chi connectivity index (χ1v) is 38.0. The third-order valence-electron chi connectivity index (χ3n) is 16.3. The summed E-state index contributed by atoms with van der Waals surface area (Å²) in [5.74, 6) is -0.876. The molecular weight excluding hydrogens is 1400 g/mol. The van der Waals surface area contributed by atoms with Gasteiger partial charge in [0, 0.05) is 72.0 Å². The Hall–Kier alpha value is -8.00. The number of carbonyl (C=O) groups excluding carboxylic acids is 2. The number of carbonyl (C=O) groups is 2. The monoisotopic (exact) mass is 1490 g/mol. The van der Waals surface area contributed by atoms with E-state index >= 15 is 0 Å².